The Bertz CT molecular complexity index is 1380. The van der Waals surface area contributed by atoms with Crippen LogP contribution in [0.1, 0.15) is 36.7 Å². The van der Waals surface area contributed by atoms with Crippen molar-refractivity contribution < 1.29 is 27.1 Å². The molecule has 0 unspecified atom stereocenters. The fourth-order valence-corrected chi connectivity index (χ4v) is 3.75. The first-order chi connectivity index (χ1) is 16.3. The summed E-state index contributed by atoms with van der Waals surface area (Å²) in [7, 11) is -2.28. The van der Waals surface area contributed by atoms with Gasteiger partial charge in [0, 0.05) is 17.8 Å². The smallest absolute Gasteiger partial charge is 0.255 e. The molecule has 0 spiro atoms. The lowest BCUT2D eigenvalue weighted by atomic mass is 9.86. The van der Waals surface area contributed by atoms with Crippen molar-refractivity contribution in [1.29, 1.82) is 0 Å². The summed E-state index contributed by atoms with van der Waals surface area (Å²) < 4.78 is 51.4. The summed E-state index contributed by atoms with van der Waals surface area (Å²) in [4.78, 5) is 20.6. The highest BCUT2D eigenvalue weighted by molar-refractivity contribution is 7.92. The van der Waals surface area contributed by atoms with Gasteiger partial charge in [0.1, 0.15) is 0 Å². The van der Waals surface area contributed by atoms with Crippen molar-refractivity contribution in [3.8, 4) is 17.4 Å². The maximum atomic E-state index is 14.3. The Kier molecular flexibility index (Phi) is 7.51. The highest BCUT2D eigenvalue weighted by Gasteiger charge is 2.23. The molecule has 1 heterocycles. The van der Waals surface area contributed by atoms with E-state index in [0.29, 0.717) is 0 Å². The number of carbonyl (C=O) groups excluding carboxylic acids is 1. The van der Waals surface area contributed by atoms with Crippen LogP contribution in [0.3, 0.4) is 0 Å². The summed E-state index contributed by atoms with van der Waals surface area (Å²) in [5, 5.41) is 2.63. The first-order valence-corrected chi connectivity index (χ1v) is 12.5. The normalized spacial score (nSPS) is 11.6. The summed E-state index contributed by atoms with van der Waals surface area (Å²) in [6.07, 6.45) is 2.36. The molecule has 2 N–H and O–H groups in total. The number of amides is 1. The summed E-state index contributed by atoms with van der Waals surface area (Å²) >= 11 is 5.73. The van der Waals surface area contributed by atoms with Gasteiger partial charge in [-0.25, -0.2) is 17.8 Å². The van der Waals surface area contributed by atoms with E-state index in [-0.39, 0.29) is 45.0 Å². The lowest BCUT2D eigenvalue weighted by molar-refractivity contribution is 0.102. The molecule has 1 aromatic heterocycles. The van der Waals surface area contributed by atoms with Gasteiger partial charge in [-0.2, -0.15) is 4.98 Å². The van der Waals surface area contributed by atoms with Crippen LogP contribution in [0.5, 0.6) is 17.4 Å². The Morgan fingerprint density at radius 3 is 2.40 bits per heavy atom. The van der Waals surface area contributed by atoms with Crippen LogP contribution in [0.2, 0.25) is 5.28 Å². The monoisotopic (exact) mass is 522 g/mol. The van der Waals surface area contributed by atoms with E-state index < -0.39 is 21.7 Å². The largest absolute Gasteiger partial charge is 0.492 e. The quantitative estimate of drug-likeness (QED) is 0.419. The number of methoxy groups -OCH3 is 1. The van der Waals surface area contributed by atoms with Crippen LogP contribution in [0, 0.1) is 5.82 Å². The lowest BCUT2D eigenvalue weighted by Gasteiger charge is -2.24. The molecule has 186 valence electrons. The van der Waals surface area contributed by atoms with Crippen molar-refractivity contribution in [2.75, 3.05) is 23.4 Å². The molecule has 3 rings (SSSR count). The topological polar surface area (TPSA) is 120 Å². The Morgan fingerprint density at radius 2 is 1.80 bits per heavy atom. The molecule has 0 saturated heterocycles. The molecule has 0 radical (unpaired) electrons. The number of rotatable bonds is 7. The zero-order valence-electron chi connectivity index (χ0n) is 19.6. The average Bonchev–Trinajstić information content (AvgIpc) is 2.73. The van der Waals surface area contributed by atoms with Gasteiger partial charge >= 0.3 is 0 Å². The predicted molar refractivity (Wildman–Crippen MR) is 132 cm³/mol. The number of ether oxygens (including phenoxy) is 2. The maximum Gasteiger partial charge on any atom is 0.255 e. The summed E-state index contributed by atoms with van der Waals surface area (Å²) in [6, 6.07) is 8.28. The molecule has 2 aromatic carbocycles. The van der Waals surface area contributed by atoms with E-state index >= 15 is 0 Å². The fraction of sp³-hybridized carbons (Fsp3) is 0.261. The third-order valence-corrected chi connectivity index (χ3v) is 5.48. The molecule has 0 aliphatic heterocycles. The number of hydrogen-bond acceptors (Lipinski definition) is 7. The van der Waals surface area contributed by atoms with Crippen LogP contribution >= 0.6 is 11.6 Å². The standard InChI is InChI=1S/C23H24ClFN4O5S/c1-23(2,3)14-11-16(20(33-4)17(12-14)29-35(5,31)32)27-21(30)13-6-7-15(25)18(10-13)34-19-8-9-26-22(24)28-19/h6-12,29H,1-5H3,(H,27,30). The van der Waals surface area contributed by atoms with Gasteiger partial charge in [0.2, 0.25) is 21.2 Å². The van der Waals surface area contributed by atoms with Gasteiger partial charge in [-0.05, 0) is 52.9 Å². The van der Waals surface area contributed by atoms with E-state index in [9.17, 15) is 17.6 Å². The summed E-state index contributed by atoms with van der Waals surface area (Å²) in [5.41, 5.74) is 0.827. The molecule has 9 nitrogen and oxygen atoms in total. The molecule has 35 heavy (non-hydrogen) atoms. The lowest BCUT2D eigenvalue weighted by Crippen LogP contribution is -2.18. The maximum absolute atomic E-state index is 14.3. The first-order valence-electron chi connectivity index (χ1n) is 10.2. The van der Waals surface area contributed by atoms with Gasteiger partial charge < -0.3 is 14.8 Å². The van der Waals surface area contributed by atoms with E-state index in [4.69, 9.17) is 21.1 Å². The second-order valence-electron chi connectivity index (χ2n) is 8.59. The van der Waals surface area contributed by atoms with Gasteiger partial charge in [0.25, 0.3) is 5.91 Å². The fourth-order valence-electron chi connectivity index (χ4n) is 3.06. The van der Waals surface area contributed by atoms with Crippen LogP contribution in [0.25, 0.3) is 0 Å². The van der Waals surface area contributed by atoms with Gasteiger partial charge in [-0.1, -0.05) is 20.8 Å². The third kappa shape index (κ3) is 6.80. The Labute approximate surface area is 207 Å². The number of sulfonamides is 1. The molecular formula is C23H24ClFN4O5S. The van der Waals surface area contributed by atoms with Gasteiger partial charge in [0.15, 0.2) is 17.3 Å². The van der Waals surface area contributed by atoms with E-state index in [0.717, 1.165) is 17.9 Å². The highest BCUT2D eigenvalue weighted by atomic mass is 35.5. The molecule has 12 heteroatoms. The molecular weight excluding hydrogens is 499 g/mol. The van der Waals surface area contributed by atoms with Crippen LogP contribution in [-0.2, 0) is 15.4 Å². The van der Waals surface area contributed by atoms with E-state index in [1.807, 2.05) is 20.8 Å². The SMILES string of the molecule is COc1c(NC(=O)c2ccc(F)c(Oc3ccnc(Cl)n3)c2)cc(C(C)(C)C)cc1NS(C)(=O)=O. The number of aromatic nitrogens is 2. The average molecular weight is 523 g/mol. The van der Waals surface area contributed by atoms with Crippen LogP contribution in [0.15, 0.2) is 42.6 Å². The van der Waals surface area contributed by atoms with Crippen molar-refractivity contribution in [2.24, 2.45) is 0 Å². The second kappa shape index (κ2) is 10.0. The Balaban J connectivity index is 1.99. The number of anilines is 2. The number of carbonyl (C=O) groups is 1. The van der Waals surface area contributed by atoms with Crippen molar-refractivity contribution >= 4 is 38.9 Å². The van der Waals surface area contributed by atoms with Crippen LogP contribution < -0.4 is 19.5 Å². The molecule has 1 amide bonds. The third-order valence-electron chi connectivity index (χ3n) is 4.71. The minimum atomic E-state index is -3.63. The van der Waals surface area contributed by atoms with Crippen molar-refractivity contribution in [3.05, 3.63) is 64.8 Å². The zero-order chi connectivity index (χ0) is 26.0. The van der Waals surface area contributed by atoms with Gasteiger partial charge in [-0.15, -0.1) is 0 Å². The number of hydrogen-bond donors (Lipinski definition) is 2. The number of benzene rings is 2. The molecule has 0 aliphatic rings. The van der Waals surface area contributed by atoms with E-state index in [2.05, 4.69) is 20.0 Å². The van der Waals surface area contributed by atoms with E-state index in [1.54, 1.807) is 12.1 Å². The number of halogens is 2. The zero-order valence-corrected chi connectivity index (χ0v) is 21.2. The van der Waals surface area contributed by atoms with Gasteiger partial charge in [0.05, 0.1) is 24.7 Å². The molecule has 0 fully saturated rings. The number of nitrogens with zero attached hydrogens (tertiary/aromatic N) is 2. The minimum Gasteiger partial charge on any atom is -0.492 e. The predicted octanol–water partition coefficient (Wildman–Crippen LogP) is 4.99. The van der Waals surface area contributed by atoms with Crippen molar-refractivity contribution in [2.45, 2.75) is 26.2 Å². The summed E-state index contributed by atoms with van der Waals surface area (Å²) in [6.45, 7) is 5.81. The minimum absolute atomic E-state index is 0.00232. The summed E-state index contributed by atoms with van der Waals surface area (Å²) in [5.74, 6) is -1.46. The van der Waals surface area contributed by atoms with Gasteiger partial charge in [-0.3, -0.25) is 9.52 Å². The second-order valence-corrected chi connectivity index (χ2v) is 10.7. The highest BCUT2D eigenvalue weighted by Crippen LogP contribution is 2.39. The van der Waals surface area contributed by atoms with Crippen molar-refractivity contribution in [3.63, 3.8) is 0 Å². The first kappa shape index (κ1) is 26.2. The molecule has 0 bridgehead atoms. The Hall–Kier alpha value is -3.44. The van der Waals surface area contributed by atoms with E-state index in [1.165, 1.54) is 31.5 Å². The Morgan fingerprint density at radius 1 is 1.11 bits per heavy atom. The van der Waals surface area contributed by atoms with Crippen molar-refractivity contribution in [1.82, 2.24) is 9.97 Å². The molecule has 0 saturated carbocycles. The number of nitrogens with one attached hydrogen (secondary N) is 2. The molecule has 3 aromatic rings. The molecule has 0 atom stereocenters. The van der Waals surface area contributed by atoms with Crippen LogP contribution in [-0.4, -0.2) is 37.7 Å². The van der Waals surface area contributed by atoms with Crippen LogP contribution in [0.4, 0.5) is 15.8 Å². The molecule has 0 aliphatic carbocycles.